The van der Waals surface area contributed by atoms with E-state index in [0.717, 1.165) is 18.4 Å². The van der Waals surface area contributed by atoms with Gasteiger partial charge in [-0.1, -0.05) is 19.4 Å². The largest absolute Gasteiger partial charge is 0.464 e. The molecular weight excluding hydrogens is 221 g/mol. The van der Waals surface area contributed by atoms with Gasteiger partial charge < -0.3 is 10.1 Å². The predicted octanol–water partition coefficient (Wildman–Crippen LogP) is 2.89. The van der Waals surface area contributed by atoms with E-state index in [-0.39, 0.29) is 18.3 Å². The molecule has 0 saturated carbocycles. The van der Waals surface area contributed by atoms with Crippen LogP contribution in [0.4, 0.5) is 10.1 Å². The Balaban J connectivity index is 2.39. The second-order valence-corrected chi connectivity index (χ2v) is 3.91. The summed E-state index contributed by atoms with van der Waals surface area (Å²) in [5.41, 5.74) is 1.27. The van der Waals surface area contributed by atoms with Crippen molar-refractivity contribution in [3.05, 3.63) is 29.6 Å². The molecule has 0 aliphatic carbocycles. The number of aryl methyl sites for hydroxylation is 1. The first-order chi connectivity index (χ1) is 8.13. The number of carbonyl (C=O) groups excluding carboxylic acids is 1. The lowest BCUT2D eigenvalue weighted by molar-refractivity contribution is -0.141. The summed E-state index contributed by atoms with van der Waals surface area (Å²) in [6.45, 7) is 4.30. The fraction of sp³-hybridized carbons (Fsp3) is 0.462. The molecule has 17 heavy (non-hydrogen) atoms. The number of carbonyl (C=O) groups is 1. The molecule has 0 saturated heterocycles. The van der Waals surface area contributed by atoms with Gasteiger partial charge in [-0.15, -0.1) is 0 Å². The van der Waals surface area contributed by atoms with E-state index in [1.807, 2.05) is 13.8 Å². The number of rotatable bonds is 6. The van der Waals surface area contributed by atoms with Crippen LogP contribution in [0, 0.1) is 12.7 Å². The normalized spacial score (nSPS) is 10.1. The molecule has 0 fully saturated rings. The predicted molar refractivity (Wildman–Crippen MR) is 65.5 cm³/mol. The summed E-state index contributed by atoms with van der Waals surface area (Å²) >= 11 is 0. The molecule has 1 aromatic rings. The third-order valence-electron chi connectivity index (χ3n) is 2.31. The lowest BCUT2D eigenvalue weighted by Gasteiger charge is -2.08. The van der Waals surface area contributed by atoms with Gasteiger partial charge in [-0.05, 0) is 31.0 Å². The zero-order valence-corrected chi connectivity index (χ0v) is 10.3. The highest BCUT2D eigenvalue weighted by Crippen LogP contribution is 2.15. The quantitative estimate of drug-likeness (QED) is 0.612. The Morgan fingerprint density at radius 3 is 2.94 bits per heavy atom. The molecule has 0 amide bonds. The minimum atomic E-state index is -0.364. The molecule has 0 aliphatic rings. The summed E-state index contributed by atoms with van der Waals surface area (Å²) in [6, 6.07) is 4.72. The standard InChI is InChI=1S/C13H18FNO2/c1-3-4-7-17-13(16)9-15-12-8-10(2)5-6-11(12)14/h5-6,8,15H,3-4,7,9H2,1-2H3. The third kappa shape index (κ3) is 4.85. The Morgan fingerprint density at radius 2 is 2.24 bits per heavy atom. The molecule has 1 N–H and O–H groups in total. The molecule has 0 aromatic heterocycles. The number of hydrogen-bond acceptors (Lipinski definition) is 3. The maximum atomic E-state index is 13.3. The van der Waals surface area contributed by atoms with E-state index in [0.29, 0.717) is 12.3 Å². The molecule has 3 nitrogen and oxygen atoms in total. The van der Waals surface area contributed by atoms with Crippen molar-refractivity contribution in [3.63, 3.8) is 0 Å². The molecule has 0 bridgehead atoms. The SMILES string of the molecule is CCCCOC(=O)CNc1cc(C)ccc1F. The molecular formula is C13H18FNO2. The maximum absolute atomic E-state index is 13.3. The number of nitrogens with one attached hydrogen (secondary N) is 1. The first-order valence-corrected chi connectivity index (χ1v) is 5.79. The van der Waals surface area contributed by atoms with E-state index in [1.54, 1.807) is 12.1 Å². The van der Waals surface area contributed by atoms with Gasteiger partial charge in [-0.25, -0.2) is 4.39 Å². The minimum absolute atomic E-state index is 0.00983. The van der Waals surface area contributed by atoms with Gasteiger partial charge in [0, 0.05) is 0 Å². The van der Waals surface area contributed by atoms with Gasteiger partial charge >= 0.3 is 5.97 Å². The second-order valence-electron chi connectivity index (χ2n) is 3.91. The Labute approximate surface area is 101 Å². The number of anilines is 1. The number of esters is 1. The highest BCUT2D eigenvalue weighted by molar-refractivity contribution is 5.75. The fourth-order valence-corrected chi connectivity index (χ4v) is 1.32. The van der Waals surface area contributed by atoms with Gasteiger partial charge in [0.2, 0.25) is 0 Å². The third-order valence-corrected chi connectivity index (χ3v) is 2.31. The van der Waals surface area contributed by atoms with Crippen LogP contribution in [0.3, 0.4) is 0 Å². The zero-order valence-electron chi connectivity index (χ0n) is 10.3. The Bertz CT molecular complexity index is 380. The lowest BCUT2D eigenvalue weighted by atomic mass is 10.2. The van der Waals surface area contributed by atoms with E-state index in [9.17, 15) is 9.18 Å². The minimum Gasteiger partial charge on any atom is -0.464 e. The van der Waals surface area contributed by atoms with Crippen molar-refractivity contribution in [2.75, 3.05) is 18.5 Å². The van der Waals surface area contributed by atoms with Gasteiger partial charge in [0.15, 0.2) is 0 Å². The van der Waals surface area contributed by atoms with Crippen LogP contribution in [-0.2, 0) is 9.53 Å². The summed E-state index contributed by atoms with van der Waals surface area (Å²) in [4.78, 5) is 11.3. The van der Waals surface area contributed by atoms with Crippen molar-refractivity contribution in [2.45, 2.75) is 26.7 Å². The zero-order chi connectivity index (χ0) is 12.7. The smallest absolute Gasteiger partial charge is 0.325 e. The van der Waals surface area contributed by atoms with Crippen LogP contribution in [0.1, 0.15) is 25.3 Å². The molecule has 0 heterocycles. The van der Waals surface area contributed by atoms with E-state index >= 15 is 0 Å². The first-order valence-electron chi connectivity index (χ1n) is 5.79. The number of ether oxygens (including phenoxy) is 1. The van der Waals surface area contributed by atoms with Gasteiger partial charge in [0.05, 0.1) is 12.3 Å². The van der Waals surface area contributed by atoms with Crippen LogP contribution in [0.25, 0.3) is 0 Å². The molecule has 4 heteroatoms. The van der Waals surface area contributed by atoms with E-state index in [1.165, 1.54) is 6.07 Å². The number of benzene rings is 1. The van der Waals surface area contributed by atoms with Gasteiger partial charge in [-0.2, -0.15) is 0 Å². The number of halogens is 1. The van der Waals surface area contributed by atoms with Crippen molar-refractivity contribution >= 4 is 11.7 Å². The van der Waals surface area contributed by atoms with Crippen LogP contribution in [0.5, 0.6) is 0 Å². The van der Waals surface area contributed by atoms with Gasteiger partial charge in [0.1, 0.15) is 12.4 Å². The van der Waals surface area contributed by atoms with Crippen LogP contribution >= 0.6 is 0 Å². The average molecular weight is 239 g/mol. The molecule has 1 aromatic carbocycles. The molecule has 0 spiro atoms. The van der Waals surface area contributed by atoms with Crippen molar-refractivity contribution in [1.82, 2.24) is 0 Å². The van der Waals surface area contributed by atoms with E-state index < -0.39 is 0 Å². The van der Waals surface area contributed by atoms with Crippen molar-refractivity contribution < 1.29 is 13.9 Å². The van der Waals surface area contributed by atoms with Gasteiger partial charge in [0.25, 0.3) is 0 Å². The lowest BCUT2D eigenvalue weighted by Crippen LogP contribution is -2.18. The first kappa shape index (κ1) is 13.5. The number of unbranched alkanes of at least 4 members (excludes halogenated alkanes) is 1. The molecule has 0 atom stereocenters. The van der Waals surface area contributed by atoms with Crippen molar-refractivity contribution in [1.29, 1.82) is 0 Å². The van der Waals surface area contributed by atoms with Crippen molar-refractivity contribution in [2.24, 2.45) is 0 Å². The summed E-state index contributed by atoms with van der Waals surface area (Å²) in [5, 5.41) is 2.73. The monoisotopic (exact) mass is 239 g/mol. The molecule has 94 valence electrons. The highest BCUT2D eigenvalue weighted by atomic mass is 19.1. The Morgan fingerprint density at radius 1 is 1.47 bits per heavy atom. The topological polar surface area (TPSA) is 38.3 Å². The highest BCUT2D eigenvalue weighted by Gasteiger charge is 2.05. The average Bonchev–Trinajstić information content (AvgIpc) is 2.31. The van der Waals surface area contributed by atoms with Crippen LogP contribution in [0.2, 0.25) is 0 Å². The fourth-order valence-electron chi connectivity index (χ4n) is 1.32. The van der Waals surface area contributed by atoms with Crippen molar-refractivity contribution in [3.8, 4) is 0 Å². The van der Waals surface area contributed by atoms with E-state index in [4.69, 9.17) is 4.74 Å². The summed E-state index contributed by atoms with van der Waals surface area (Å²) < 4.78 is 18.3. The summed E-state index contributed by atoms with van der Waals surface area (Å²) in [5.74, 6) is -0.726. The molecule has 0 unspecified atom stereocenters. The molecule has 0 aliphatic heterocycles. The number of hydrogen-bond donors (Lipinski definition) is 1. The van der Waals surface area contributed by atoms with Crippen LogP contribution in [-0.4, -0.2) is 19.1 Å². The Kier molecular flexibility index (Phi) is 5.46. The second kappa shape index (κ2) is 6.89. The van der Waals surface area contributed by atoms with E-state index in [2.05, 4.69) is 5.32 Å². The maximum Gasteiger partial charge on any atom is 0.325 e. The van der Waals surface area contributed by atoms with Crippen LogP contribution < -0.4 is 5.32 Å². The Hall–Kier alpha value is -1.58. The molecule has 1 rings (SSSR count). The summed E-state index contributed by atoms with van der Waals surface area (Å²) in [6.07, 6.45) is 1.83. The van der Waals surface area contributed by atoms with Crippen LogP contribution in [0.15, 0.2) is 18.2 Å². The summed E-state index contributed by atoms with van der Waals surface area (Å²) in [7, 11) is 0. The van der Waals surface area contributed by atoms with Gasteiger partial charge in [-0.3, -0.25) is 4.79 Å². The molecule has 0 radical (unpaired) electrons.